The van der Waals surface area contributed by atoms with Crippen molar-refractivity contribution in [2.45, 2.75) is 44.3 Å². The summed E-state index contributed by atoms with van der Waals surface area (Å²) in [6, 6.07) is 7.66. The molecule has 1 amide bonds. The molecule has 28 heavy (non-hydrogen) atoms. The van der Waals surface area contributed by atoms with Crippen LogP contribution in [0.25, 0.3) is 0 Å². The summed E-state index contributed by atoms with van der Waals surface area (Å²) >= 11 is 0. The summed E-state index contributed by atoms with van der Waals surface area (Å²) in [5, 5.41) is 4.35. The van der Waals surface area contributed by atoms with Crippen molar-refractivity contribution >= 4 is 18.3 Å². The summed E-state index contributed by atoms with van der Waals surface area (Å²) in [5.74, 6) is 1.54. The van der Waals surface area contributed by atoms with Crippen LogP contribution in [0.15, 0.2) is 29.1 Å². The number of carbonyl (C=O) groups is 1. The van der Waals surface area contributed by atoms with Gasteiger partial charge in [0.2, 0.25) is 5.91 Å². The minimum Gasteiger partial charge on any atom is -0.497 e. The van der Waals surface area contributed by atoms with Crippen molar-refractivity contribution in [2.24, 2.45) is 5.73 Å². The number of ether oxygens (including phenoxy) is 1. The van der Waals surface area contributed by atoms with E-state index < -0.39 is 0 Å². The first-order valence-electron chi connectivity index (χ1n) is 9.40. The maximum Gasteiger partial charge on any atom is 0.346 e. The number of rotatable bonds is 4. The molecule has 1 aromatic heterocycles. The normalized spacial score (nSPS) is 21.1. The van der Waals surface area contributed by atoms with Crippen LogP contribution in [0.3, 0.4) is 0 Å². The van der Waals surface area contributed by atoms with E-state index in [-0.39, 0.29) is 42.5 Å². The van der Waals surface area contributed by atoms with Crippen molar-refractivity contribution < 1.29 is 9.53 Å². The molecule has 8 nitrogen and oxygen atoms in total. The third-order valence-corrected chi connectivity index (χ3v) is 5.58. The number of hydrogen-bond donors (Lipinski definition) is 1. The molecule has 2 unspecified atom stereocenters. The number of hydrogen-bond acceptors (Lipinski definition) is 5. The van der Waals surface area contributed by atoms with Gasteiger partial charge in [0.25, 0.3) is 0 Å². The molecule has 0 spiro atoms. The lowest BCUT2D eigenvalue weighted by Crippen LogP contribution is -2.37. The van der Waals surface area contributed by atoms with Gasteiger partial charge >= 0.3 is 5.69 Å². The highest BCUT2D eigenvalue weighted by Gasteiger charge is 2.34. The average molecular weight is 408 g/mol. The topological polar surface area (TPSA) is 95.4 Å². The van der Waals surface area contributed by atoms with Crippen molar-refractivity contribution in [2.75, 3.05) is 20.2 Å². The lowest BCUT2D eigenvalue weighted by Gasteiger charge is -2.16. The quantitative estimate of drug-likeness (QED) is 0.807. The van der Waals surface area contributed by atoms with Gasteiger partial charge in [-0.05, 0) is 30.5 Å². The molecular weight excluding hydrogens is 382 g/mol. The molecule has 9 heteroatoms. The molecule has 0 bridgehead atoms. The number of amides is 1. The molecule has 1 saturated heterocycles. The van der Waals surface area contributed by atoms with Crippen LogP contribution in [-0.2, 0) is 24.3 Å². The number of methoxy groups -OCH3 is 1. The first-order valence-corrected chi connectivity index (χ1v) is 9.40. The predicted octanol–water partition coefficient (Wildman–Crippen LogP) is 0.765. The highest BCUT2D eigenvalue weighted by atomic mass is 35.5. The third-order valence-electron chi connectivity index (χ3n) is 5.58. The van der Waals surface area contributed by atoms with Gasteiger partial charge in [0.15, 0.2) is 0 Å². The molecule has 3 heterocycles. The Morgan fingerprint density at radius 2 is 2.00 bits per heavy atom. The lowest BCUT2D eigenvalue weighted by atomic mass is 9.95. The Balaban J connectivity index is 0.00000225. The van der Waals surface area contributed by atoms with E-state index in [1.807, 2.05) is 24.3 Å². The first-order chi connectivity index (χ1) is 13.1. The molecule has 4 rings (SSSR count). The second kappa shape index (κ2) is 8.36. The van der Waals surface area contributed by atoms with Crippen molar-refractivity contribution in [3.05, 3.63) is 46.1 Å². The molecule has 2 N–H and O–H groups in total. The number of carbonyl (C=O) groups excluding carboxylic acids is 1. The maximum absolute atomic E-state index is 12.7. The Labute approximate surface area is 169 Å². The zero-order valence-corrected chi connectivity index (χ0v) is 16.7. The van der Waals surface area contributed by atoms with Crippen LogP contribution in [0.5, 0.6) is 5.75 Å². The standard InChI is InChI=1S/C19H25N5O3.ClH/c1-27-14-7-5-13(6-8-14)15-10-22(11-16(15)20)18(25)12-24-19(26)23-9-3-2-4-17(23)21-24;/h5-8,15-16H,2-4,9-12,20H2,1H3;1H. The average Bonchev–Trinajstić information content (AvgIpc) is 3.23. The highest BCUT2D eigenvalue weighted by Crippen LogP contribution is 2.28. The molecule has 1 fully saturated rings. The Bertz CT molecular complexity index is 892. The van der Waals surface area contributed by atoms with Crippen molar-refractivity contribution in [1.82, 2.24) is 19.2 Å². The fourth-order valence-corrected chi connectivity index (χ4v) is 4.02. The number of likely N-dealkylation sites (tertiary alicyclic amines) is 1. The van der Waals surface area contributed by atoms with Gasteiger partial charge in [0.05, 0.1) is 7.11 Å². The molecule has 152 valence electrons. The lowest BCUT2D eigenvalue weighted by molar-refractivity contribution is -0.131. The van der Waals surface area contributed by atoms with Gasteiger partial charge in [-0.2, -0.15) is 5.10 Å². The third kappa shape index (κ3) is 3.79. The van der Waals surface area contributed by atoms with E-state index in [0.29, 0.717) is 19.6 Å². The van der Waals surface area contributed by atoms with Gasteiger partial charge < -0.3 is 15.4 Å². The second-order valence-corrected chi connectivity index (χ2v) is 7.31. The minimum atomic E-state index is -0.187. The molecule has 2 aromatic rings. The number of nitrogens with zero attached hydrogens (tertiary/aromatic N) is 4. The molecule has 0 saturated carbocycles. The van der Waals surface area contributed by atoms with Crippen LogP contribution in [0.2, 0.25) is 0 Å². The van der Waals surface area contributed by atoms with Crippen LogP contribution >= 0.6 is 12.4 Å². The van der Waals surface area contributed by atoms with Gasteiger partial charge in [-0.1, -0.05) is 12.1 Å². The Hall–Kier alpha value is -2.32. The fraction of sp³-hybridized carbons (Fsp3) is 0.526. The van der Waals surface area contributed by atoms with E-state index in [9.17, 15) is 9.59 Å². The summed E-state index contributed by atoms with van der Waals surface area (Å²) in [7, 11) is 1.63. The SMILES string of the molecule is COc1ccc(C2CN(C(=O)Cn3nc4n(c3=O)CCCC4)CC2N)cc1.Cl. The van der Waals surface area contributed by atoms with E-state index >= 15 is 0 Å². The molecule has 2 atom stereocenters. The highest BCUT2D eigenvalue weighted by molar-refractivity contribution is 5.85. The van der Waals surface area contributed by atoms with Crippen LogP contribution in [0.4, 0.5) is 0 Å². The van der Waals surface area contributed by atoms with Crippen LogP contribution in [0.1, 0.15) is 30.1 Å². The number of halogens is 1. The largest absolute Gasteiger partial charge is 0.497 e. The number of fused-ring (bicyclic) bond motifs is 1. The zero-order chi connectivity index (χ0) is 19.0. The van der Waals surface area contributed by atoms with Crippen LogP contribution in [-0.4, -0.2) is 51.4 Å². The van der Waals surface area contributed by atoms with Gasteiger partial charge in [-0.25, -0.2) is 9.48 Å². The van der Waals surface area contributed by atoms with Gasteiger partial charge in [0.1, 0.15) is 18.1 Å². The van der Waals surface area contributed by atoms with Gasteiger partial charge in [-0.15, -0.1) is 12.4 Å². The second-order valence-electron chi connectivity index (χ2n) is 7.31. The number of aryl methyl sites for hydroxylation is 1. The summed E-state index contributed by atoms with van der Waals surface area (Å²) in [5.41, 5.74) is 7.20. The number of benzene rings is 1. The summed E-state index contributed by atoms with van der Waals surface area (Å²) in [6.07, 6.45) is 2.82. The molecule has 0 aliphatic carbocycles. The van der Waals surface area contributed by atoms with E-state index in [0.717, 1.165) is 36.4 Å². The Kier molecular flexibility index (Phi) is 6.10. The Morgan fingerprint density at radius 1 is 1.25 bits per heavy atom. The van der Waals surface area contributed by atoms with E-state index in [1.165, 1.54) is 4.68 Å². The number of nitrogens with two attached hydrogens (primary N) is 1. The first kappa shape index (κ1) is 20.4. The Morgan fingerprint density at radius 3 is 2.68 bits per heavy atom. The van der Waals surface area contributed by atoms with E-state index in [2.05, 4.69) is 5.10 Å². The summed E-state index contributed by atoms with van der Waals surface area (Å²) < 4.78 is 8.18. The van der Waals surface area contributed by atoms with Gasteiger partial charge in [0, 0.05) is 38.0 Å². The zero-order valence-electron chi connectivity index (χ0n) is 15.9. The molecule has 2 aliphatic heterocycles. The van der Waals surface area contributed by atoms with Crippen molar-refractivity contribution in [1.29, 1.82) is 0 Å². The molecule has 0 radical (unpaired) electrons. The summed E-state index contributed by atoms with van der Waals surface area (Å²) in [4.78, 5) is 26.9. The smallest absolute Gasteiger partial charge is 0.346 e. The van der Waals surface area contributed by atoms with Crippen molar-refractivity contribution in [3.8, 4) is 5.75 Å². The predicted molar refractivity (Wildman–Crippen MR) is 107 cm³/mol. The van der Waals surface area contributed by atoms with E-state index in [1.54, 1.807) is 16.6 Å². The van der Waals surface area contributed by atoms with Crippen molar-refractivity contribution in [3.63, 3.8) is 0 Å². The number of aromatic nitrogens is 3. The fourth-order valence-electron chi connectivity index (χ4n) is 4.02. The summed E-state index contributed by atoms with van der Waals surface area (Å²) in [6.45, 7) is 1.70. The minimum absolute atomic E-state index is 0. The van der Waals surface area contributed by atoms with Gasteiger partial charge in [-0.3, -0.25) is 9.36 Å². The van der Waals surface area contributed by atoms with Crippen LogP contribution < -0.4 is 16.2 Å². The maximum atomic E-state index is 12.7. The van der Waals surface area contributed by atoms with E-state index in [4.69, 9.17) is 10.5 Å². The molecule has 2 aliphatic rings. The molecular formula is C19H26ClN5O3. The monoisotopic (exact) mass is 407 g/mol. The van der Waals surface area contributed by atoms with Crippen LogP contribution in [0, 0.1) is 0 Å². The molecule has 1 aromatic carbocycles.